The van der Waals surface area contributed by atoms with Crippen LogP contribution in [0.1, 0.15) is 24.8 Å². The molecule has 2 aliphatic heterocycles. The third kappa shape index (κ3) is 4.12. The second-order valence-electron chi connectivity index (χ2n) is 8.26. The van der Waals surface area contributed by atoms with Gasteiger partial charge in [-0.15, -0.1) is 0 Å². The Morgan fingerprint density at radius 3 is 2.00 bits per heavy atom. The molecule has 0 unspecified atom stereocenters. The van der Waals surface area contributed by atoms with E-state index in [0.717, 1.165) is 29.4 Å². The molecule has 2 aliphatic rings. The molecule has 0 radical (unpaired) electrons. The summed E-state index contributed by atoms with van der Waals surface area (Å²) in [5.41, 5.74) is 3.36. The number of hydrogen-bond donors (Lipinski definition) is 1. The minimum atomic E-state index is -0.467. The lowest BCUT2D eigenvalue weighted by Gasteiger charge is -2.28. The molecule has 33 heavy (non-hydrogen) atoms. The summed E-state index contributed by atoms with van der Waals surface area (Å²) in [5.74, 6) is -1.34. The molecule has 3 aromatic carbocycles. The van der Waals surface area contributed by atoms with Crippen molar-refractivity contribution >= 4 is 34.4 Å². The minimum Gasteiger partial charge on any atom is -0.372 e. The van der Waals surface area contributed by atoms with E-state index in [1.54, 1.807) is 12.1 Å². The Labute approximate surface area is 192 Å². The van der Waals surface area contributed by atoms with E-state index in [1.807, 2.05) is 42.5 Å². The zero-order valence-electron chi connectivity index (χ0n) is 18.1. The number of amides is 2. The first-order valence-corrected chi connectivity index (χ1v) is 11.2. The molecule has 3 aromatic rings. The van der Waals surface area contributed by atoms with Crippen molar-refractivity contribution in [1.29, 1.82) is 0 Å². The number of nitrogens with one attached hydrogen (secondary N) is 1. The molecule has 0 aliphatic carbocycles. The Kier molecular flexibility index (Phi) is 5.65. The summed E-state index contributed by atoms with van der Waals surface area (Å²) in [6.07, 6.45) is 3.67. The number of nitrogens with zero attached hydrogens (tertiary/aromatic N) is 2. The van der Waals surface area contributed by atoms with Gasteiger partial charge >= 0.3 is 0 Å². The molecule has 0 saturated carbocycles. The zero-order valence-corrected chi connectivity index (χ0v) is 18.1. The Balaban J connectivity index is 1.48. The number of carbonyl (C=O) groups is 2. The van der Waals surface area contributed by atoms with Crippen LogP contribution in [0.4, 0.5) is 21.5 Å². The average Bonchev–Trinajstić information content (AvgIpc) is 3.10. The molecule has 2 heterocycles. The highest BCUT2D eigenvalue weighted by molar-refractivity contribution is 6.46. The molecule has 0 bridgehead atoms. The zero-order chi connectivity index (χ0) is 22.8. The first kappa shape index (κ1) is 20.9. The van der Waals surface area contributed by atoms with Gasteiger partial charge in [-0.25, -0.2) is 9.29 Å². The molecule has 0 spiro atoms. The van der Waals surface area contributed by atoms with E-state index < -0.39 is 17.6 Å². The lowest BCUT2D eigenvalue weighted by Crippen LogP contribution is -2.32. The van der Waals surface area contributed by atoms with E-state index >= 15 is 0 Å². The van der Waals surface area contributed by atoms with Crippen molar-refractivity contribution in [3.8, 4) is 0 Å². The van der Waals surface area contributed by atoms with E-state index in [4.69, 9.17) is 0 Å². The van der Waals surface area contributed by atoms with Gasteiger partial charge in [0.1, 0.15) is 11.5 Å². The molecular weight excluding hydrogens is 417 g/mol. The molecular formula is C27H24FN3O2. The fraction of sp³-hybridized carbons (Fsp3) is 0.185. The van der Waals surface area contributed by atoms with Gasteiger partial charge in [-0.3, -0.25) is 9.59 Å². The lowest BCUT2D eigenvalue weighted by molar-refractivity contribution is -0.120. The predicted octanol–water partition coefficient (Wildman–Crippen LogP) is 5.21. The number of anilines is 3. The topological polar surface area (TPSA) is 52.7 Å². The minimum absolute atomic E-state index is 0.209. The molecule has 2 amide bonds. The van der Waals surface area contributed by atoms with Crippen molar-refractivity contribution in [1.82, 2.24) is 0 Å². The van der Waals surface area contributed by atoms with Gasteiger partial charge in [-0.2, -0.15) is 0 Å². The summed E-state index contributed by atoms with van der Waals surface area (Å²) >= 11 is 0. The molecule has 0 atom stereocenters. The molecule has 5 nitrogen and oxygen atoms in total. The van der Waals surface area contributed by atoms with Crippen molar-refractivity contribution in [2.75, 3.05) is 28.2 Å². The van der Waals surface area contributed by atoms with Crippen molar-refractivity contribution in [2.24, 2.45) is 0 Å². The summed E-state index contributed by atoms with van der Waals surface area (Å²) < 4.78 is 13.4. The van der Waals surface area contributed by atoms with Crippen LogP contribution in [0.2, 0.25) is 0 Å². The number of piperidine rings is 1. The predicted molar refractivity (Wildman–Crippen MR) is 128 cm³/mol. The Hall–Kier alpha value is -3.93. The van der Waals surface area contributed by atoms with Gasteiger partial charge in [0.15, 0.2) is 0 Å². The van der Waals surface area contributed by atoms with Crippen molar-refractivity contribution in [2.45, 2.75) is 19.3 Å². The average molecular weight is 442 g/mol. The molecule has 166 valence electrons. The molecule has 1 N–H and O–H groups in total. The maximum absolute atomic E-state index is 13.4. The Morgan fingerprint density at radius 1 is 0.697 bits per heavy atom. The summed E-state index contributed by atoms with van der Waals surface area (Å²) in [7, 11) is 0. The highest BCUT2D eigenvalue weighted by Crippen LogP contribution is 2.34. The molecule has 6 heteroatoms. The summed E-state index contributed by atoms with van der Waals surface area (Å²) in [6, 6.07) is 22.4. The normalized spacial score (nSPS) is 16.5. The van der Waals surface area contributed by atoms with Crippen LogP contribution in [0.15, 0.2) is 84.6 Å². The van der Waals surface area contributed by atoms with E-state index in [-0.39, 0.29) is 5.70 Å². The maximum atomic E-state index is 13.4. The van der Waals surface area contributed by atoms with Gasteiger partial charge in [0.25, 0.3) is 11.8 Å². The largest absolute Gasteiger partial charge is 0.372 e. The van der Waals surface area contributed by atoms with Crippen molar-refractivity contribution in [3.05, 3.63) is 95.9 Å². The van der Waals surface area contributed by atoms with Crippen molar-refractivity contribution < 1.29 is 14.0 Å². The Morgan fingerprint density at radius 2 is 1.33 bits per heavy atom. The van der Waals surface area contributed by atoms with Crippen molar-refractivity contribution in [3.63, 3.8) is 0 Å². The highest BCUT2D eigenvalue weighted by Gasteiger charge is 2.40. The van der Waals surface area contributed by atoms with E-state index in [1.165, 1.54) is 43.5 Å². The third-order valence-corrected chi connectivity index (χ3v) is 6.09. The first-order chi connectivity index (χ1) is 16.1. The number of carbonyl (C=O) groups excluding carboxylic acids is 2. The number of imide groups is 1. The fourth-order valence-corrected chi connectivity index (χ4v) is 4.39. The number of hydrogen-bond acceptors (Lipinski definition) is 4. The second kappa shape index (κ2) is 8.90. The van der Waals surface area contributed by atoms with Crippen LogP contribution in [0.5, 0.6) is 0 Å². The van der Waals surface area contributed by atoms with Crippen LogP contribution in [-0.4, -0.2) is 24.9 Å². The quantitative estimate of drug-likeness (QED) is 0.552. The van der Waals surface area contributed by atoms with E-state index in [9.17, 15) is 14.0 Å². The van der Waals surface area contributed by atoms with E-state index in [2.05, 4.69) is 10.2 Å². The van der Waals surface area contributed by atoms with Crippen LogP contribution in [0, 0.1) is 5.82 Å². The maximum Gasteiger partial charge on any atom is 0.282 e. The number of halogens is 1. The van der Waals surface area contributed by atoms with E-state index in [0.29, 0.717) is 16.8 Å². The highest BCUT2D eigenvalue weighted by atomic mass is 19.1. The third-order valence-electron chi connectivity index (χ3n) is 6.09. The van der Waals surface area contributed by atoms with Crippen LogP contribution >= 0.6 is 0 Å². The summed E-state index contributed by atoms with van der Waals surface area (Å²) in [4.78, 5) is 30.2. The molecule has 0 aromatic heterocycles. The van der Waals surface area contributed by atoms with Crippen LogP contribution in [0.3, 0.4) is 0 Å². The SMILES string of the molecule is O=C1C(Nc2ccc(N3CCCCC3)cc2)=C(c2ccccc2)C(=O)N1c1ccc(F)cc1. The first-order valence-electron chi connectivity index (χ1n) is 11.2. The van der Waals surface area contributed by atoms with Gasteiger partial charge in [0.2, 0.25) is 0 Å². The lowest BCUT2D eigenvalue weighted by atomic mass is 10.0. The molecule has 1 fully saturated rings. The van der Waals surface area contributed by atoms with Gasteiger partial charge in [-0.05, 0) is 73.4 Å². The Bertz CT molecular complexity index is 1200. The number of rotatable bonds is 5. The monoisotopic (exact) mass is 441 g/mol. The smallest absolute Gasteiger partial charge is 0.282 e. The van der Waals surface area contributed by atoms with Gasteiger partial charge < -0.3 is 10.2 Å². The summed E-state index contributed by atoms with van der Waals surface area (Å²) in [6.45, 7) is 2.10. The van der Waals surface area contributed by atoms with Crippen LogP contribution in [0.25, 0.3) is 5.57 Å². The second-order valence-corrected chi connectivity index (χ2v) is 8.26. The standard InChI is InChI=1S/C27H24FN3O2/c28-20-9-13-23(14-10-20)31-26(32)24(19-7-3-1-4-8-19)25(27(31)33)29-21-11-15-22(16-12-21)30-17-5-2-6-18-30/h1,3-4,7-16,29H,2,5-6,17-18H2. The van der Waals surface area contributed by atoms with Gasteiger partial charge in [0, 0.05) is 24.5 Å². The molecule has 1 saturated heterocycles. The molecule has 5 rings (SSSR count). The van der Waals surface area contributed by atoms with Gasteiger partial charge in [0.05, 0.1) is 11.3 Å². The summed E-state index contributed by atoms with van der Waals surface area (Å²) in [5, 5.41) is 3.19. The van der Waals surface area contributed by atoms with Crippen LogP contribution < -0.4 is 15.1 Å². The number of benzene rings is 3. The van der Waals surface area contributed by atoms with Gasteiger partial charge in [-0.1, -0.05) is 30.3 Å². The fourth-order valence-electron chi connectivity index (χ4n) is 4.39. The van der Waals surface area contributed by atoms with Crippen LogP contribution in [-0.2, 0) is 9.59 Å².